The van der Waals surface area contributed by atoms with Crippen LogP contribution >= 0.6 is 0 Å². The fraction of sp³-hybridized carbons (Fsp3) is 0.636. The molecule has 0 radical (unpaired) electrons. The Kier molecular flexibility index (Phi) is 3.79. The van der Waals surface area contributed by atoms with Gasteiger partial charge in [-0.25, -0.2) is 0 Å². The quantitative estimate of drug-likeness (QED) is 0.878. The molecule has 0 spiro atoms. The molecule has 2 heterocycles. The highest BCUT2D eigenvalue weighted by Crippen LogP contribution is 2.18. The third-order valence-corrected chi connectivity index (χ3v) is 2.99. The van der Waals surface area contributed by atoms with Crippen LogP contribution in [0, 0.1) is 6.92 Å². The number of rotatable bonds is 2. The average Bonchev–Trinajstić information content (AvgIpc) is 2.74. The summed E-state index contributed by atoms with van der Waals surface area (Å²) in [4.78, 5) is 14.8. The van der Waals surface area contributed by atoms with E-state index in [4.69, 9.17) is 0 Å². The summed E-state index contributed by atoms with van der Waals surface area (Å²) in [5.74, 6) is -0.240. The summed E-state index contributed by atoms with van der Waals surface area (Å²) >= 11 is 0. The van der Waals surface area contributed by atoms with Crippen LogP contribution in [0.25, 0.3) is 0 Å². The first kappa shape index (κ1) is 13.9. The van der Waals surface area contributed by atoms with Crippen molar-refractivity contribution >= 4 is 5.91 Å². The number of H-pyrrole nitrogens is 1. The Labute approximate surface area is 108 Å². The number of nitrogens with zero attached hydrogens (tertiary/aromatic N) is 3. The SMILES string of the molecule is Cc1cc(C(=O)N2CCN(CC(F)(F)F)CC2)n[nH]1. The molecule has 8 heteroatoms. The molecule has 1 saturated heterocycles. The molecular weight excluding hydrogens is 261 g/mol. The van der Waals surface area contributed by atoms with Crippen LogP contribution in [0.15, 0.2) is 6.07 Å². The summed E-state index contributed by atoms with van der Waals surface area (Å²) in [5.41, 5.74) is 1.08. The zero-order valence-electron chi connectivity index (χ0n) is 10.5. The van der Waals surface area contributed by atoms with Crippen molar-refractivity contribution < 1.29 is 18.0 Å². The predicted octanol–water partition coefficient (Wildman–Crippen LogP) is 1.04. The summed E-state index contributed by atoms with van der Waals surface area (Å²) in [6.07, 6.45) is -4.19. The molecular formula is C11H15F3N4O. The number of aromatic nitrogens is 2. The number of piperazine rings is 1. The smallest absolute Gasteiger partial charge is 0.335 e. The van der Waals surface area contributed by atoms with Gasteiger partial charge in [-0.1, -0.05) is 0 Å². The predicted molar refractivity (Wildman–Crippen MR) is 61.7 cm³/mol. The van der Waals surface area contributed by atoms with Crippen molar-refractivity contribution in [2.45, 2.75) is 13.1 Å². The minimum atomic E-state index is -4.19. The minimum absolute atomic E-state index is 0.231. The van der Waals surface area contributed by atoms with Gasteiger partial charge in [0.1, 0.15) is 5.69 Å². The van der Waals surface area contributed by atoms with Crippen molar-refractivity contribution in [3.63, 3.8) is 0 Å². The van der Waals surface area contributed by atoms with Gasteiger partial charge in [-0.15, -0.1) is 0 Å². The molecule has 0 aliphatic carbocycles. The first-order valence-electron chi connectivity index (χ1n) is 5.95. The van der Waals surface area contributed by atoms with E-state index in [1.54, 1.807) is 13.0 Å². The monoisotopic (exact) mass is 276 g/mol. The molecule has 5 nitrogen and oxygen atoms in total. The van der Waals surface area contributed by atoms with Gasteiger partial charge in [0.05, 0.1) is 6.54 Å². The molecule has 1 aliphatic heterocycles. The van der Waals surface area contributed by atoms with E-state index in [9.17, 15) is 18.0 Å². The van der Waals surface area contributed by atoms with E-state index >= 15 is 0 Å². The molecule has 0 saturated carbocycles. The highest BCUT2D eigenvalue weighted by molar-refractivity contribution is 5.92. The molecule has 1 aliphatic rings. The average molecular weight is 276 g/mol. The Hall–Kier alpha value is -1.57. The molecule has 0 bridgehead atoms. The van der Waals surface area contributed by atoms with Crippen molar-refractivity contribution in [3.8, 4) is 0 Å². The molecule has 1 aromatic heterocycles. The number of carbonyl (C=O) groups excluding carboxylic acids is 1. The summed E-state index contributed by atoms with van der Waals surface area (Å²) < 4.78 is 36.7. The van der Waals surface area contributed by atoms with Crippen LogP contribution in [0.3, 0.4) is 0 Å². The van der Waals surface area contributed by atoms with Crippen molar-refractivity contribution in [3.05, 3.63) is 17.5 Å². The van der Waals surface area contributed by atoms with Crippen LogP contribution in [0.2, 0.25) is 0 Å². The number of halogens is 3. The highest BCUT2D eigenvalue weighted by atomic mass is 19.4. The van der Waals surface area contributed by atoms with E-state index in [-0.39, 0.29) is 19.0 Å². The number of amides is 1. The van der Waals surface area contributed by atoms with Crippen molar-refractivity contribution in [1.82, 2.24) is 20.0 Å². The molecule has 1 amide bonds. The van der Waals surface area contributed by atoms with Crippen LogP contribution < -0.4 is 0 Å². The highest BCUT2D eigenvalue weighted by Gasteiger charge is 2.33. The number of nitrogens with one attached hydrogen (secondary N) is 1. The van der Waals surface area contributed by atoms with Gasteiger partial charge in [-0.05, 0) is 13.0 Å². The van der Waals surface area contributed by atoms with Crippen molar-refractivity contribution in [1.29, 1.82) is 0 Å². The second-order valence-corrected chi connectivity index (χ2v) is 4.62. The van der Waals surface area contributed by atoms with Gasteiger partial charge >= 0.3 is 6.18 Å². The molecule has 1 N–H and O–H groups in total. The van der Waals surface area contributed by atoms with E-state index in [1.165, 1.54) is 9.80 Å². The minimum Gasteiger partial charge on any atom is -0.335 e. The Balaban J connectivity index is 1.88. The van der Waals surface area contributed by atoms with Crippen LogP contribution in [-0.4, -0.2) is 64.8 Å². The lowest BCUT2D eigenvalue weighted by atomic mass is 10.2. The summed E-state index contributed by atoms with van der Waals surface area (Å²) in [6, 6.07) is 1.63. The molecule has 0 atom stereocenters. The van der Waals surface area contributed by atoms with Gasteiger partial charge in [0.2, 0.25) is 0 Å². The number of carbonyl (C=O) groups is 1. The van der Waals surface area contributed by atoms with Crippen LogP contribution in [-0.2, 0) is 0 Å². The van der Waals surface area contributed by atoms with Gasteiger partial charge < -0.3 is 4.90 Å². The Morgan fingerprint density at radius 2 is 2.00 bits per heavy atom. The Bertz CT molecular complexity index is 449. The third kappa shape index (κ3) is 3.69. The number of hydrogen-bond acceptors (Lipinski definition) is 3. The number of alkyl halides is 3. The topological polar surface area (TPSA) is 52.2 Å². The summed E-state index contributed by atoms with van der Waals surface area (Å²) in [6.45, 7) is 1.91. The van der Waals surface area contributed by atoms with Crippen LogP contribution in [0.1, 0.15) is 16.2 Å². The van der Waals surface area contributed by atoms with E-state index in [0.717, 1.165) is 5.69 Å². The second-order valence-electron chi connectivity index (χ2n) is 4.62. The van der Waals surface area contributed by atoms with Crippen LogP contribution in [0.5, 0.6) is 0 Å². The molecule has 0 aromatic carbocycles. The van der Waals surface area contributed by atoms with Gasteiger partial charge in [0.25, 0.3) is 5.91 Å². The Morgan fingerprint density at radius 3 is 2.47 bits per heavy atom. The van der Waals surface area contributed by atoms with Gasteiger partial charge in [-0.3, -0.25) is 14.8 Å². The van der Waals surface area contributed by atoms with E-state index in [0.29, 0.717) is 18.8 Å². The second kappa shape index (κ2) is 5.20. The molecule has 106 valence electrons. The molecule has 2 rings (SSSR count). The normalized spacial score (nSPS) is 17.8. The maximum absolute atomic E-state index is 12.2. The molecule has 0 unspecified atom stereocenters. The Morgan fingerprint density at radius 1 is 1.37 bits per heavy atom. The van der Waals surface area contributed by atoms with E-state index in [2.05, 4.69) is 10.2 Å². The molecule has 1 fully saturated rings. The lowest BCUT2D eigenvalue weighted by Gasteiger charge is -2.34. The zero-order valence-corrected chi connectivity index (χ0v) is 10.5. The lowest BCUT2D eigenvalue weighted by molar-refractivity contribution is -0.148. The van der Waals surface area contributed by atoms with E-state index < -0.39 is 12.7 Å². The lowest BCUT2D eigenvalue weighted by Crippen LogP contribution is -2.51. The van der Waals surface area contributed by atoms with Gasteiger partial charge in [-0.2, -0.15) is 18.3 Å². The number of aromatic amines is 1. The number of aryl methyl sites for hydroxylation is 1. The van der Waals surface area contributed by atoms with Crippen molar-refractivity contribution in [2.24, 2.45) is 0 Å². The number of hydrogen-bond donors (Lipinski definition) is 1. The largest absolute Gasteiger partial charge is 0.401 e. The molecule has 1 aromatic rings. The molecule has 19 heavy (non-hydrogen) atoms. The maximum Gasteiger partial charge on any atom is 0.401 e. The first-order chi connectivity index (χ1) is 8.85. The van der Waals surface area contributed by atoms with Crippen molar-refractivity contribution in [2.75, 3.05) is 32.7 Å². The van der Waals surface area contributed by atoms with E-state index in [1.807, 2.05) is 0 Å². The third-order valence-electron chi connectivity index (χ3n) is 2.99. The maximum atomic E-state index is 12.2. The zero-order chi connectivity index (χ0) is 14.0. The van der Waals surface area contributed by atoms with Crippen LogP contribution in [0.4, 0.5) is 13.2 Å². The summed E-state index contributed by atoms with van der Waals surface area (Å²) in [7, 11) is 0. The fourth-order valence-electron chi connectivity index (χ4n) is 2.05. The summed E-state index contributed by atoms with van der Waals surface area (Å²) in [5, 5.41) is 6.53. The van der Waals surface area contributed by atoms with Gasteiger partial charge in [0.15, 0.2) is 0 Å². The fourth-order valence-corrected chi connectivity index (χ4v) is 2.05. The standard InChI is InChI=1S/C11H15F3N4O/c1-8-6-9(16-15-8)10(19)18-4-2-17(3-5-18)7-11(12,13)14/h6H,2-5,7H2,1H3,(H,15,16). The van der Waals surface area contributed by atoms with Gasteiger partial charge in [0, 0.05) is 31.9 Å². The first-order valence-corrected chi connectivity index (χ1v) is 5.95.